The van der Waals surface area contributed by atoms with Crippen molar-refractivity contribution in [2.24, 2.45) is 7.05 Å². The van der Waals surface area contributed by atoms with Crippen molar-refractivity contribution in [3.8, 4) is 0 Å². The second kappa shape index (κ2) is 7.94. The smallest absolute Gasteiger partial charge is 0.270 e. The van der Waals surface area contributed by atoms with E-state index in [-0.39, 0.29) is 23.2 Å². The first-order valence-corrected chi connectivity index (χ1v) is 10.3. The Kier molecular flexibility index (Phi) is 5.63. The first-order valence-electron chi connectivity index (χ1n) is 7.97. The van der Waals surface area contributed by atoms with Crippen molar-refractivity contribution < 1.29 is 13.2 Å². The number of carbonyl (C=O) groups excluding carboxylic acids is 1. The van der Waals surface area contributed by atoms with Crippen molar-refractivity contribution in [1.82, 2.24) is 29.8 Å². The Morgan fingerprint density at radius 2 is 2.00 bits per heavy atom. The molecular weight excluding hydrogens is 388 g/mol. The van der Waals surface area contributed by atoms with Crippen molar-refractivity contribution in [2.75, 3.05) is 0 Å². The predicted octanol–water partition coefficient (Wildman–Crippen LogP) is 0.989. The molecule has 0 aliphatic rings. The van der Waals surface area contributed by atoms with Crippen LogP contribution in [0.25, 0.3) is 0 Å². The fraction of sp³-hybridized carbons (Fsp3) is 0.250. The predicted molar refractivity (Wildman–Crippen MR) is 99.5 cm³/mol. The van der Waals surface area contributed by atoms with E-state index < -0.39 is 10.0 Å². The molecule has 3 aromatic rings. The quantitative estimate of drug-likeness (QED) is 0.604. The normalized spacial score (nSPS) is 11.5. The van der Waals surface area contributed by atoms with Crippen LogP contribution in [0.5, 0.6) is 0 Å². The molecule has 0 aliphatic heterocycles. The van der Waals surface area contributed by atoms with Crippen LogP contribution in [0.1, 0.15) is 25.9 Å². The number of amides is 1. The van der Waals surface area contributed by atoms with Crippen LogP contribution in [-0.4, -0.2) is 34.1 Å². The van der Waals surface area contributed by atoms with E-state index in [2.05, 4.69) is 25.1 Å². The minimum absolute atomic E-state index is 0.0488. The lowest BCUT2D eigenvalue weighted by atomic mass is 10.2. The Balaban J connectivity index is 1.56. The van der Waals surface area contributed by atoms with Crippen LogP contribution < -0.4 is 10.0 Å². The van der Waals surface area contributed by atoms with Gasteiger partial charge in [-0.05, 0) is 24.6 Å². The average molecular weight is 406 g/mol. The van der Waals surface area contributed by atoms with Crippen LogP contribution in [0.2, 0.25) is 0 Å². The minimum atomic E-state index is -3.70. The van der Waals surface area contributed by atoms with Gasteiger partial charge in [-0.25, -0.2) is 18.1 Å². The number of aryl methyl sites for hydroxylation is 2. The third kappa shape index (κ3) is 4.96. The topological polar surface area (TPSA) is 119 Å². The summed E-state index contributed by atoms with van der Waals surface area (Å²) in [6, 6.07) is 4.62. The molecule has 0 spiro atoms. The van der Waals surface area contributed by atoms with Gasteiger partial charge in [0.15, 0.2) is 5.03 Å². The van der Waals surface area contributed by atoms with Crippen LogP contribution in [-0.2, 0) is 30.2 Å². The summed E-state index contributed by atoms with van der Waals surface area (Å²) in [4.78, 5) is 21.3. The van der Waals surface area contributed by atoms with Crippen LogP contribution in [0, 0.1) is 6.92 Å². The summed E-state index contributed by atoms with van der Waals surface area (Å²) >= 11 is 1.52. The summed E-state index contributed by atoms with van der Waals surface area (Å²) in [6.07, 6.45) is 4.74. The Hall–Kier alpha value is -2.63. The number of rotatable bonds is 7. The molecule has 27 heavy (non-hydrogen) atoms. The lowest BCUT2D eigenvalue weighted by molar-refractivity contribution is 0.0946. The number of carbonyl (C=O) groups is 1. The number of thiazole rings is 1. The van der Waals surface area contributed by atoms with Gasteiger partial charge in [-0.1, -0.05) is 6.07 Å². The molecule has 0 saturated carbocycles. The van der Waals surface area contributed by atoms with Gasteiger partial charge in [0.25, 0.3) is 15.9 Å². The van der Waals surface area contributed by atoms with Crippen molar-refractivity contribution in [3.63, 3.8) is 0 Å². The Morgan fingerprint density at radius 1 is 1.19 bits per heavy atom. The number of hydrogen-bond donors (Lipinski definition) is 2. The highest BCUT2D eigenvalue weighted by Gasteiger charge is 2.17. The maximum atomic E-state index is 12.1. The van der Waals surface area contributed by atoms with E-state index in [1.165, 1.54) is 28.3 Å². The molecule has 3 rings (SSSR count). The van der Waals surface area contributed by atoms with Crippen molar-refractivity contribution in [2.45, 2.75) is 25.0 Å². The second-order valence-corrected chi connectivity index (χ2v) is 8.77. The standard InChI is InChI=1S/C16H18N6O3S2/c1-11-17-9-13(26-11)10-19-16(23)14-4-3-12(7-18-14)8-20-27(24,25)15-5-6-22(2)21-15/h3-7,9,20H,8,10H2,1-2H3,(H,19,23). The highest BCUT2D eigenvalue weighted by Crippen LogP contribution is 2.11. The molecule has 2 N–H and O–H groups in total. The Labute approximate surface area is 160 Å². The van der Waals surface area contributed by atoms with Gasteiger partial charge >= 0.3 is 0 Å². The van der Waals surface area contributed by atoms with Gasteiger partial charge in [0, 0.05) is 37.1 Å². The average Bonchev–Trinajstić information content (AvgIpc) is 3.27. The van der Waals surface area contributed by atoms with Gasteiger partial charge in [-0.3, -0.25) is 14.5 Å². The molecule has 0 fully saturated rings. The molecule has 0 unspecified atom stereocenters. The van der Waals surface area contributed by atoms with Gasteiger partial charge in [0.05, 0.1) is 11.6 Å². The molecule has 11 heteroatoms. The van der Waals surface area contributed by atoms with Crippen LogP contribution in [0.15, 0.2) is 41.8 Å². The number of nitrogens with zero attached hydrogens (tertiary/aromatic N) is 4. The Morgan fingerprint density at radius 3 is 2.59 bits per heavy atom. The van der Waals surface area contributed by atoms with Crippen LogP contribution >= 0.6 is 11.3 Å². The monoisotopic (exact) mass is 406 g/mol. The molecule has 0 atom stereocenters. The lowest BCUT2D eigenvalue weighted by Gasteiger charge is -2.06. The van der Waals surface area contributed by atoms with E-state index in [1.54, 1.807) is 31.6 Å². The molecule has 1 amide bonds. The highest BCUT2D eigenvalue weighted by molar-refractivity contribution is 7.89. The summed E-state index contributed by atoms with van der Waals surface area (Å²) in [6.45, 7) is 2.34. The van der Waals surface area contributed by atoms with Crippen molar-refractivity contribution in [1.29, 1.82) is 0 Å². The summed E-state index contributed by atoms with van der Waals surface area (Å²) in [5.41, 5.74) is 0.886. The maximum absolute atomic E-state index is 12.1. The molecule has 0 aromatic carbocycles. The maximum Gasteiger partial charge on any atom is 0.270 e. The fourth-order valence-electron chi connectivity index (χ4n) is 2.20. The molecule has 9 nitrogen and oxygen atoms in total. The minimum Gasteiger partial charge on any atom is -0.346 e. The summed E-state index contributed by atoms with van der Waals surface area (Å²) in [5.74, 6) is -0.304. The number of sulfonamides is 1. The van der Waals surface area contributed by atoms with Crippen molar-refractivity contribution in [3.05, 3.63) is 57.9 Å². The van der Waals surface area contributed by atoms with Crippen molar-refractivity contribution >= 4 is 27.3 Å². The zero-order valence-electron chi connectivity index (χ0n) is 14.7. The molecule has 0 bridgehead atoms. The molecule has 0 aliphatic carbocycles. The van der Waals surface area contributed by atoms with E-state index in [9.17, 15) is 13.2 Å². The van der Waals surface area contributed by atoms with E-state index in [0.717, 1.165) is 9.88 Å². The molecule has 3 heterocycles. The van der Waals surface area contributed by atoms with E-state index >= 15 is 0 Å². The fourth-order valence-corrected chi connectivity index (χ4v) is 3.91. The largest absolute Gasteiger partial charge is 0.346 e. The van der Waals surface area contributed by atoms with E-state index in [0.29, 0.717) is 12.1 Å². The van der Waals surface area contributed by atoms with Gasteiger partial charge in [-0.2, -0.15) is 5.10 Å². The SMILES string of the molecule is Cc1ncc(CNC(=O)c2ccc(CNS(=O)(=O)c3ccn(C)n3)cn2)s1. The second-order valence-electron chi connectivity index (χ2n) is 5.73. The number of nitrogens with one attached hydrogen (secondary N) is 2. The van der Waals surface area contributed by atoms with Gasteiger partial charge < -0.3 is 5.32 Å². The first kappa shape index (κ1) is 19.1. The van der Waals surface area contributed by atoms with E-state index in [4.69, 9.17) is 0 Å². The third-order valence-electron chi connectivity index (χ3n) is 3.58. The Bertz CT molecular complexity index is 1040. The third-order valence-corrected chi connectivity index (χ3v) is 5.79. The van der Waals surface area contributed by atoms with Gasteiger partial charge in [-0.15, -0.1) is 11.3 Å². The van der Waals surface area contributed by atoms with Crippen LogP contribution in [0.4, 0.5) is 0 Å². The molecule has 142 valence electrons. The van der Waals surface area contributed by atoms with E-state index in [1.807, 2.05) is 6.92 Å². The number of hydrogen-bond acceptors (Lipinski definition) is 7. The number of pyridine rings is 1. The highest BCUT2D eigenvalue weighted by atomic mass is 32.2. The molecule has 0 radical (unpaired) electrons. The summed E-state index contributed by atoms with van der Waals surface area (Å²) < 4.78 is 28.1. The summed E-state index contributed by atoms with van der Waals surface area (Å²) in [5, 5.41) is 7.54. The lowest BCUT2D eigenvalue weighted by Crippen LogP contribution is -2.25. The zero-order valence-corrected chi connectivity index (χ0v) is 16.3. The molecular formula is C16H18N6O3S2. The number of aromatic nitrogens is 4. The molecule has 3 aromatic heterocycles. The molecule has 0 saturated heterocycles. The summed E-state index contributed by atoms with van der Waals surface area (Å²) in [7, 11) is -2.05. The van der Waals surface area contributed by atoms with Gasteiger partial charge in [0.2, 0.25) is 0 Å². The zero-order chi connectivity index (χ0) is 19.4. The van der Waals surface area contributed by atoms with Gasteiger partial charge in [0.1, 0.15) is 5.69 Å². The van der Waals surface area contributed by atoms with Crippen LogP contribution in [0.3, 0.4) is 0 Å². The first-order chi connectivity index (χ1) is 12.8.